The number of rotatable bonds is 0. The lowest BCUT2D eigenvalue weighted by Gasteiger charge is -2.19. The van der Waals surface area contributed by atoms with Gasteiger partial charge in [-0.2, -0.15) is 0 Å². The Morgan fingerprint density at radius 3 is 2.62 bits per heavy atom. The van der Waals surface area contributed by atoms with Crippen LogP contribution in [0, 0.1) is 6.92 Å². The van der Waals surface area contributed by atoms with Crippen molar-refractivity contribution < 1.29 is 4.79 Å². The highest BCUT2D eigenvalue weighted by molar-refractivity contribution is 5.96. The zero-order valence-corrected chi connectivity index (χ0v) is 10.3. The van der Waals surface area contributed by atoms with Crippen molar-refractivity contribution in [2.24, 2.45) is 0 Å². The van der Waals surface area contributed by atoms with Gasteiger partial charge in [-0.3, -0.25) is 4.79 Å². The molecule has 1 aromatic rings. The lowest BCUT2D eigenvalue weighted by atomic mass is 9.86. The second-order valence-corrected chi connectivity index (χ2v) is 5.22. The number of hydrogen-bond acceptors (Lipinski definition) is 2. The summed E-state index contributed by atoms with van der Waals surface area (Å²) in [5.74, 6) is 0.0969. The minimum atomic E-state index is -0.0128. The van der Waals surface area contributed by atoms with E-state index in [0.29, 0.717) is 0 Å². The minimum absolute atomic E-state index is 0.0128. The lowest BCUT2D eigenvalue weighted by Crippen LogP contribution is -2.32. The molecule has 1 amide bonds. The standard InChI is InChI=1S/C13H18N2O/c1-8-5-10(14)6-11-12(8)15(9(2)16)7-13(11,3)4/h5-6H,7,14H2,1-4H3. The number of nitrogens with two attached hydrogens (primary N) is 1. The highest BCUT2D eigenvalue weighted by Crippen LogP contribution is 2.43. The number of nitrogen functional groups attached to an aromatic ring is 1. The molecule has 1 heterocycles. The maximum atomic E-state index is 11.6. The van der Waals surface area contributed by atoms with Crippen LogP contribution in [0.1, 0.15) is 31.9 Å². The third-order valence-electron chi connectivity index (χ3n) is 3.26. The Balaban J connectivity index is 2.68. The van der Waals surface area contributed by atoms with Crippen molar-refractivity contribution in [1.82, 2.24) is 0 Å². The van der Waals surface area contributed by atoms with Gasteiger partial charge in [0, 0.05) is 24.6 Å². The number of nitrogens with zero attached hydrogens (tertiary/aromatic N) is 1. The molecule has 0 aliphatic carbocycles. The fourth-order valence-corrected chi connectivity index (χ4v) is 2.51. The van der Waals surface area contributed by atoms with E-state index < -0.39 is 0 Å². The Kier molecular flexibility index (Phi) is 2.22. The molecule has 0 spiro atoms. The summed E-state index contributed by atoms with van der Waals surface area (Å²) in [4.78, 5) is 13.5. The van der Waals surface area contributed by atoms with Gasteiger partial charge >= 0.3 is 0 Å². The van der Waals surface area contributed by atoms with E-state index in [1.807, 2.05) is 24.0 Å². The van der Waals surface area contributed by atoms with Gasteiger partial charge in [0.2, 0.25) is 5.91 Å². The van der Waals surface area contributed by atoms with Gasteiger partial charge in [-0.1, -0.05) is 13.8 Å². The molecule has 2 rings (SSSR count). The second kappa shape index (κ2) is 3.24. The third kappa shape index (κ3) is 1.47. The molecule has 1 aromatic carbocycles. The van der Waals surface area contributed by atoms with Crippen LogP contribution >= 0.6 is 0 Å². The molecule has 0 aromatic heterocycles. The van der Waals surface area contributed by atoms with E-state index in [0.717, 1.165) is 23.5 Å². The van der Waals surface area contributed by atoms with Crippen LogP contribution in [0.3, 0.4) is 0 Å². The molecule has 1 aliphatic heterocycles. The zero-order valence-electron chi connectivity index (χ0n) is 10.3. The van der Waals surface area contributed by atoms with E-state index in [2.05, 4.69) is 13.8 Å². The largest absolute Gasteiger partial charge is 0.399 e. The van der Waals surface area contributed by atoms with Crippen LogP contribution in [-0.2, 0) is 10.2 Å². The van der Waals surface area contributed by atoms with Crippen LogP contribution in [0.5, 0.6) is 0 Å². The SMILES string of the molecule is CC(=O)N1CC(C)(C)c2cc(N)cc(C)c21. The lowest BCUT2D eigenvalue weighted by molar-refractivity contribution is -0.116. The normalized spacial score (nSPS) is 17.4. The average molecular weight is 218 g/mol. The van der Waals surface area contributed by atoms with Gasteiger partial charge in [0.05, 0.1) is 5.69 Å². The van der Waals surface area contributed by atoms with Crippen LogP contribution in [0.2, 0.25) is 0 Å². The van der Waals surface area contributed by atoms with Crippen LogP contribution in [0.4, 0.5) is 11.4 Å². The first-order valence-corrected chi connectivity index (χ1v) is 5.51. The van der Waals surface area contributed by atoms with Gasteiger partial charge in [0.15, 0.2) is 0 Å². The van der Waals surface area contributed by atoms with Gasteiger partial charge in [-0.25, -0.2) is 0 Å². The molecule has 0 atom stereocenters. The van der Waals surface area contributed by atoms with E-state index in [1.165, 1.54) is 5.56 Å². The maximum Gasteiger partial charge on any atom is 0.223 e. The van der Waals surface area contributed by atoms with Gasteiger partial charge in [0.1, 0.15) is 0 Å². The quantitative estimate of drug-likeness (QED) is 0.679. The molecular weight excluding hydrogens is 200 g/mol. The summed E-state index contributed by atoms with van der Waals surface area (Å²) in [6.07, 6.45) is 0. The number of anilines is 2. The number of benzene rings is 1. The molecule has 0 fully saturated rings. The molecule has 2 N–H and O–H groups in total. The van der Waals surface area contributed by atoms with Gasteiger partial charge in [0.25, 0.3) is 0 Å². The molecular formula is C13H18N2O. The Bertz CT molecular complexity index is 463. The second-order valence-electron chi connectivity index (χ2n) is 5.22. The molecule has 0 saturated carbocycles. The Hall–Kier alpha value is -1.51. The summed E-state index contributed by atoms with van der Waals surface area (Å²) < 4.78 is 0. The fraction of sp³-hybridized carbons (Fsp3) is 0.462. The summed E-state index contributed by atoms with van der Waals surface area (Å²) >= 11 is 0. The average Bonchev–Trinajstić information content (AvgIpc) is 2.39. The van der Waals surface area contributed by atoms with Gasteiger partial charge in [-0.05, 0) is 30.2 Å². The third-order valence-corrected chi connectivity index (χ3v) is 3.26. The highest BCUT2D eigenvalue weighted by atomic mass is 16.2. The van der Waals surface area contributed by atoms with E-state index in [1.54, 1.807) is 6.92 Å². The van der Waals surface area contributed by atoms with Crippen molar-refractivity contribution in [3.8, 4) is 0 Å². The van der Waals surface area contributed by atoms with Crippen molar-refractivity contribution in [2.45, 2.75) is 33.1 Å². The fourth-order valence-electron chi connectivity index (χ4n) is 2.51. The van der Waals surface area contributed by atoms with Crippen molar-refractivity contribution in [3.63, 3.8) is 0 Å². The number of carbonyl (C=O) groups is 1. The summed E-state index contributed by atoms with van der Waals surface area (Å²) in [6, 6.07) is 3.92. The van der Waals surface area contributed by atoms with Crippen LogP contribution < -0.4 is 10.6 Å². The predicted octanol–water partition coefficient (Wildman–Crippen LogP) is 2.22. The Morgan fingerprint density at radius 1 is 1.44 bits per heavy atom. The van der Waals surface area contributed by atoms with Gasteiger partial charge in [-0.15, -0.1) is 0 Å². The van der Waals surface area contributed by atoms with Crippen LogP contribution in [0.25, 0.3) is 0 Å². The number of aryl methyl sites for hydroxylation is 1. The van der Waals surface area contributed by atoms with E-state index in [9.17, 15) is 4.79 Å². The Labute approximate surface area is 96.2 Å². The Morgan fingerprint density at radius 2 is 2.06 bits per heavy atom. The summed E-state index contributed by atoms with van der Waals surface area (Å²) in [5.41, 5.74) is 9.94. The van der Waals surface area contributed by atoms with Crippen LogP contribution in [-0.4, -0.2) is 12.5 Å². The van der Waals surface area contributed by atoms with E-state index in [4.69, 9.17) is 5.73 Å². The topological polar surface area (TPSA) is 46.3 Å². The molecule has 0 bridgehead atoms. The number of hydrogen-bond donors (Lipinski definition) is 1. The molecule has 0 radical (unpaired) electrons. The monoisotopic (exact) mass is 218 g/mol. The molecule has 0 saturated heterocycles. The van der Waals surface area contributed by atoms with Crippen molar-refractivity contribution in [1.29, 1.82) is 0 Å². The molecule has 16 heavy (non-hydrogen) atoms. The first kappa shape index (κ1) is 11.0. The zero-order chi connectivity index (χ0) is 12.1. The summed E-state index contributed by atoms with van der Waals surface area (Å²) in [5, 5.41) is 0. The first-order valence-electron chi connectivity index (χ1n) is 5.51. The first-order chi connectivity index (χ1) is 7.33. The molecule has 1 aliphatic rings. The molecule has 0 unspecified atom stereocenters. The van der Waals surface area contributed by atoms with Crippen molar-refractivity contribution >= 4 is 17.3 Å². The number of amides is 1. The minimum Gasteiger partial charge on any atom is -0.399 e. The van der Waals surface area contributed by atoms with E-state index >= 15 is 0 Å². The highest BCUT2D eigenvalue weighted by Gasteiger charge is 2.37. The molecule has 3 heteroatoms. The van der Waals surface area contributed by atoms with E-state index in [-0.39, 0.29) is 11.3 Å². The van der Waals surface area contributed by atoms with Gasteiger partial charge < -0.3 is 10.6 Å². The molecule has 86 valence electrons. The smallest absolute Gasteiger partial charge is 0.223 e. The van der Waals surface area contributed by atoms with Crippen molar-refractivity contribution in [3.05, 3.63) is 23.3 Å². The summed E-state index contributed by atoms with van der Waals surface area (Å²) in [6.45, 7) is 8.65. The molecule has 3 nitrogen and oxygen atoms in total. The van der Waals surface area contributed by atoms with Crippen molar-refractivity contribution in [2.75, 3.05) is 17.2 Å². The number of carbonyl (C=O) groups excluding carboxylic acids is 1. The summed E-state index contributed by atoms with van der Waals surface area (Å²) in [7, 11) is 0. The van der Waals surface area contributed by atoms with Crippen LogP contribution in [0.15, 0.2) is 12.1 Å². The number of fused-ring (bicyclic) bond motifs is 1. The maximum absolute atomic E-state index is 11.6. The predicted molar refractivity (Wildman–Crippen MR) is 66.6 cm³/mol.